The van der Waals surface area contributed by atoms with Crippen LogP contribution < -0.4 is 5.32 Å². The van der Waals surface area contributed by atoms with E-state index in [1.807, 2.05) is 0 Å². The molecular weight excluding hydrogens is 317 g/mol. The van der Waals surface area contributed by atoms with Gasteiger partial charge in [0.25, 0.3) is 0 Å². The van der Waals surface area contributed by atoms with Gasteiger partial charge in [-0.05, 0) is 44.9 Å². The quantitative estimate of drug-likeness (QED) is 0.820. The Hall–Kier alpha value is -0.330. The summed E-state index contributed by atoms with van der Waals surface area (Å²) in [5, 5.41) is 13.7. The molecule has 2 aliphatic carbocycles. The monoisotopic (exact) mass is 348 g/mol. The molecule has 0 aromatic carbocycles. The molecule has 0 radical (unpaired) electrons. The van der Waals surface area contributed by atoms with Gasteiger partial charge < -0.3 is 10.4 Å². The van der Waals surface area contributed by atoms with Gasteiger partial charge in [-0.15, -0.1) is 0 Å². The second-order valence-electron chi connectivity index (χ2n) is 8.00. The molecule has 0 bridgehead atoms. The fourth-order valence-electron chi connectivity index (χ4n) is 4.89. The van der Waals surface area contributed by atoms with Crippen molar-refractivity contribution in [2.45, 2.75) is 94.6 Å². The highest BCUT2D eigenvalue weighted by molar-refractivity contribution is 4.90. The molecule has 4 atom stereocenters. The van der Waals surface area contributed by atoms with Crippen LogP contribution in [0.4, 0.5) is 13.2 Å². The lowest BCUT2D eigenvalue weighted by atomic mass is 9.84. The molecule has 3 fully saturated rings. The fraction of sp³-hybridized carbons (Fsp3) is 1.00. The topological polar surface area (TPSA) is 35.5 Å². The van der Waals surface area contributed by atoms with Crippen LogP contribution in [0.2, 0.25) is 0 Å². The number of likely N-dealkylation sites (tertiary alicyclic amines) is 1. The van der Waals surface area contributed by atoms with Gasteiger partial charge in [-0.25, -0.2) is 0 Å². The fourth-order valence-corrected chi connectivity index (χ4v) is 4.89. The van der Waals surface area contributed by atoms with Gasteiger partial charge in [0, 0.05) is 31.2 Å². The largest absolute Gasteiger partial charge is 0.391 e. The van der Waals surface area contributed by atoms with Crippen LogP contribution in [0.5, 0.6) is 0 Å². The summed E-state index contributed by atoms with van der Waals surface area (Å²) < 4.78 is 38.8. The summed E-state index contributed by atoms with van der Waals surface area (Å²) in [7, 11) is 0. The third-order valence-electron chi connectivity index (χ3n) is 6.30. The van der Waals surface area contributed by atoms with Crippen LogP contribution in [0.3, 0.4) is 0 Å². The maximum Gasteiger partial charge on any atom is 0.391 e. The molecular formula is C18H31F3N2O. The maximum absolute atomic E-state index is 12.9. The van der Waals surface area contributed by atoms with Gasteiger partial charge in [-0.3, -0.25) is 4.90 Å². The van der Waals surface area contributed by atoms with Gasteiger partial charge >= 0.3 is 6.18 Å². The Morgan fingerprint density at radius 3 is 2.21 bits per heavy atom. The van der Waals surface area contributed by atoms with Gasteiger partial charge in [-0.2, -0.15) is 13.2 Å². The van der Waals surface area contributed by atoms with E-state index in [0.717, 1.165) is 51.6 Å². The molecule has 1 heterocycles. The average Bonchev–Trinajstić information content (AvgIpc) is 2.56. The average molecular weight is 348 g/mol. The van der Waals surface area contributed by atoms with E-state index in [-0.39, 0.29) is 18.6 Å². The molecule has 2 saturated carbocycles. The highest BCUT2D eigenvalue weighted by Gasteiger charge is 2.42. The minimum atomic E-state index is -4.04. The van der Waals surface area contributed by atoms with E-state index < -0.39 is 12.1 Å². The van der Waals surface area contributed by atoms with Crippen LogP contribution in [0, 0.1) is 5.92 Å². The molecule has 0 spiro atoms. The van der Waals surface area contributed by atoms with E-state index in [1.54, 1.807) is 0 Å². The van der Waals surface area contributed by atoms with Crippen LogP contribution in [0.15, 0.2) is 0 Å². The predicted molar refractivity (Wildman–Crippen MR) is 87.8 cm³/mol. The molecule has 1 aliphatic heterocycles. The second kappa shape index (κ2) is 7.92. The number of rotatable bonds is 3. The van der Waals surface area contributed by atoms with Crippen molar-refractivity contribution in [2.24, 2.45) is 5.92 Å². The zero-order valence-electron chi connectivity index (χ0n) is 14.4. The molecule has 0 aromatic heterocycles. The minimum Gasteiger partial charge on any atom is -0.391 e. The summed E-state index contributed by atoms with van der Waals surface area (Å²) in [4.78, 5) is 2.40. The zero-order chi connectivity index (χ0) is 17.2. The van der Waals surface area contributed by atoms with Crippen LogP contribution in [-0.4, -0.2) is 53.5 Å². The molecule has 3 aliphatic rings. The van der Waals surface area contributed by atoms with Gasteiger partial charge in [-0.1, -0.05) is 19.3 Å². The lowest BCUT2D eigenvalue weighted by Gasteiger charge is -2.43. The number of aliphatic hydroxyl groups is 1. The van der Waals surface area contributed by atoms with Crippen molar-refractivity contribution in [3.05, 3.63) is 0 Å². The van der Waals surface area contributed by atoms with E-state index in [9.17, 15) is 18.3 Å². The maximum atomic E-state index is 12.9. The van der Waals surface area contributed by atoms with Crippen LogP contribution in [0.25, 0.3) is 0 Å². The highest BCUT2D eigenvalue weighted by atomic mass is 19.4. The van der Waals surface area contributed by atoms with Gasteiger partial charge in [0.15, 0.2) is 0 Å². The van der Waals surface area contributed by atoms with Crippen molar-refractivity contribution < 1.29 is 18.3 Å². The Balaban J connectivity index is 1.43. The molecule has 0 unspecified atom stereocenters. The number of nitrogens with zero attached hydrogens (tertiary/aromatic N) is 1. The highest BCUT2D eigenvalue weighted by Crippen LogP contribution is 2.38. The van der Waals surface area contributed by atoms with Crippen molar-refractivity contribution in [3.63, 3.8) is 0 Å². The van der Waals surface area contributed by atoms with E-state index in [4.69, 9.17) is 0 Å². The predicted octanol–water partition coefficient (Wildman–Crippen LogP) is 3.47. The second-order valence-corrected chi connectivity index (χ2v) is 8.00. The summed E-state index contributed by atoms with van der Waals surface area (Å²) in [5.41, 5.74) is 0. The summed E-state index contributed by atoms with van der Waals surface area (Å²) in [6.07, 6.45) is 4.10. The first-order chi connectivity index (χ1) is 11.4. The van der Waals surface area contributed by atoms with Gasteiger partial charge in [0.1, 0.15) is 0 Å². The van der Waals surface area contributed by atoms with Gasteiger partial charge in [0.2, 0.25) is 0 Å². The molecule has 1 saturated heterocycles. The van der Waals surface area contributed by atoms with Crippen molar-refractivity contribution in [3.8, 4) is 0 Å². The molecule has 140 valence electrons. The van der Waals surface area contributed by atoms with Crippen LogP contribution >= 0.6 is 0 Å². The van der Waals surface area contributed by atoms with Crippen molar-refractivity contribution >= 4 is 0 Å². The number of hydrogen-bond donors (Lipinski definition) is 2. The summed E-state index contributed by atoms with van der Waals surface area (Å²) in [6.45, 7) is 1.91. The first-order valence-corrected chi connectivity index (χ1v) is 9.68. The normalized spacial score (nSPS) is 37.5. The number of halogens is 3. The molecule has 0 amide bonds. The Morgan fingerprint density at radius 1 is 0.833 bits per heavy atom. The SMILES string of the molecule is O[C@@H]1CCCC[C@@H]1N1CCC(N[C@@H]2CCC[C@@H](C(F)(F)F)C2)CC1. The van der Waals surface area contributed by atoms with E-state index >= 15 is 0 Å². The van der Waals surface area contributed by atoms with E-state index in [1.165, 1.54) is 6.42 Å². The van der Waals surface area contributed by atoms with Crippen LogP contribution in [0.1, 0.15) is 64.2 Å². The number of piperidine rings is 1. The molecule has 0 aromatic rings. The molecule has 24 heavy (non-hydrogen) atoms. The van der Waals surface area contributed by atoms with Crippen molar-refractivity contribution in [1.82, 2.24) is 10.2 Å². The van der Waals surface area contributed by atoms with Crippen molar-refractivity contribution in [2.75, 3.05) is 13.1 Å². The van der Waals surface area contributed by atoms with Crippen molar-refractivity contribution in [1.29, 1.82) is 0 Å². The summed E-state index contributed by atoms with van der Waals surface area (Å²) in [5.74, 6) is -1.12. The first kappa shape index (κ1) is 18.5. The molecule has 2 N–H and O–H groups in total. The molecule has 3 nitrogen and oxygen atoms in total. The van der Waals surface area contributed by atoms with E-state index in [0.29, 0.717) is 24.9 Å². The smallest absolute Gasteiger partial charge is 0.391 e. The Labute approximate surface area is 143 Å². The Bertz CT molecular complexity index is 396. The Morgan fingerprint density at radius 2 is 1.54 bits per heavy atom. The Kier molecular flexibility index (Phi) is 6.09. The molecule has 6 heteroatoms. The standard InChI is InChI=1S/C18H31F3N2O/c19-18(20,21)13-4-3-5-15(12-13)22-14-8-10-23(11-9-14)16-6-1-2-7-17(16)24/h13-17,22,24H,1-12H2/t13-,15-,16+,17-/m1/s1. The lowest BCUT2D eigenvalue weighted by molar-refractivity contribution is -0.184. The lowest BCUT2D eigenvalue weighted by Crippen LogP contribution is -2.53. The minimum absolute atomic E-state index is 0.0159. The number of hydrogen-bond acceptors (Lipinski definition) is 3. The first-order valence-electron chi connectivity index (χ1n) is 9.68. The third-order valence-corrected chi connectivity index (χ3v) is 6.30. The number of aliphatic hydroxyl groups excluding tert-OH is 1. The zero-order valence-corrected chi connectivity index (χ0v) is 14.4. The van der Waals surface area contributed by atoms with Gasteiger partial charge in [0.05, 0.1) is 12.0 Å². The van der Waals surface area contributed by atoms with Crippen LogP contribution in [-0.2, 0) is 0 Å². The summed E-state index contributed by atoms with van der Waals surface area (Å²) >= 11 is 0. The third kappa shape index (κ3) is 4.64. The van der Waals surface area contributed by atoms with E-state index in [2.05, 4.69) is 10.2 Å². The summed E-state index contributed by atoms with van der Waals surface area (Å²) in [6, 6.07) is 0.644. The number of nitrogens with one attached hydrogen (secondary N) is 1. The molecule has 3 rings (SSSR count). The number of alkyl halides is 3.